The van der Waals surface area contributed by atoms with Gasteiger partial charge in [0, 0.05) is 12.6 Å². The van der Waals surface area contributed by atoms with E-state index in [0.29, 0.717) is 12.6 Å². The van der Waals surface area contributed by atoms with Crippen LogP contribution in [0.5, 0.6) is 6.01 Å². The van der Waals surface area contributed by atoms with Gasteiger partial charge in [0.2, 0.25) is 0 Å². The molecule has 2 N–H and O–H groups in total. The molecule has 6 heteroatoms. The van der Waals surface area contributed by atoms with Crippen molar-refractivity contribution in [3.8, 4) is 6.01 Å². The molecule has 3 rings (SSSR count). The van der Waals surface area contributed by atoms with Crippen LogP contribution < -0.4 is 10.1 Å². The summed E-state index contributed by atoms with van der Waals surface area (Å²) >= 11 is 0. The zero-order valence-corrected chi connectivity index (χ0v) is 10.1. The summed E-state index contributed by atoms with van der Waals surface area (Å²) < 4.78 is 7.40. The molecule has 0 radical (unpaired) electrons. The second kappa shape index (κ2) is 4.61. The average Bonchev–Trinajstić information content (AvgIpc) is 2.88. The van der Waals surface area contributed by atoms with Crippen molar-refractivity contribution in [3.05, 3.63) is 11.9 Å². The molecule has 2 aliphatic rings. The molecule has 0 saturated carbocycles. The normalized spacial score (nSPS) is 26.7. The van der Waals surface area contributed by atoms with Gasteiger partial charge in [-0.3, -0.25) is 9.36 Å². The van der Waals surface area contributed by atoms with Crippen molar-refractivity contribution >= 4 is 5.97 Å². The van der Waals surface area contributed by atoms with E-state index in [9.17, 15) is 4.79 Å². The first kappa shape index (κ1) is 11.5. The number of ether oxygens (including phenoxy) is 1. The molecule has 1 saturated heterocycles. The zero-order chi connectivity index (χ0) is 12.5. The lowest BCUT2D eigenvalue weighted by molar-refractivity contribution is -0.138. The molecular weight excluding hydrogens is 234 g/mol. The molecule has 98 valence electrons. The van der Waals surface area contributed by atoms with Crippen LogP contribution in [0.4, 0.5) is 0 Å². The molecule has 1 aromatic rings. The van der Waals surface area contributed by atoms with Gasteiger partial charge in [-0.25, -0.2) is 0 Å². The van der Waals surface area contributed by atoms with Gasteiger partial charge in [0.25, 0.3) is 6.01 Å². The molecule has 1 fully saturated rings. The fourth-order valence-electron chi connectivity index (χ4n) is 2.75. The number of nitrogens with zero attached hydrogens (tertiary/aromatic N) is 2. The van der Waals surface area contributed by atoms with Crippen LogP contribution in [0.2, 0.25) is 0 Å². The molecule has 0 aliphatic carbocycles. The van der Waals surface area contributed by atoms with Gasteiger partial charge < -0.3 is 15.2 Å². The van der Waals surface area contributed by atoms with Crippen molar-refractivity contribution < 1.29 is 14.6 Å². The Labute approximate surface area is 105 Å². The second-order valence-electron chi connectivity index (χ2n) is 4.99. The van der Waals surface area contributed by atoms with Crippen LogP contribution in [0, 0.1) is 5.92 Å². The second-order valence-corrected chi connectivity index (χ2v) is 4.99. The lowest BCUT2D eigenvalue weighted by Crippen LogP contribution is -2.32. The largest absolute Gasteiger partial charge is 0.481 e. The number of hydrogen-bond donors (Lipinski definition) is 2. The SMILES string of the molecule is O=C(O)CC1CCNC(c2cn3c(n2)OCC3)C1. The number of hydrogen-bond acceptors (Lipinski definition) is 4. The summed E-state index contributed by atoms with van der Waals surface area (Å²) in [4.78, 5) is 15.2. The third kappa shape index (κ3) is 2.20. The predicted octanol–water partition coefficient (Wildman–Crippen LogP) is 0.791. The van der Waals surface area contributed by atoms with Crippen LogP contribution in [-0.4, -0.2) is 33.8 Å². The fraction of sp³-hybridized carbons (Fsp3) is 0.667. The number of nitrogens with one attached hydrogen (secondary N) is 1. The Morgan fingerprint density at radius 1 is 1.67 bits per heavy atom. The highest BCUT2D eigenvalue weighted by atomic mass is 16.5. The topological polar surface area (TPSA) is 76.4 Å². The predicted molar refractivity (Wildman–Crippen MR) is 63.4 cm³/mol. The maximum absolute atomic E-state index is 10.8. The maximum atomic E-state index is 10.8. The zero-order valence-electron chi connectivity index (χ0n) is 10.1. The third-order valence-electron chi connectivity index (χ3n) is 3.65. The Balaban J connectivity index is 1.69. The summed E-state index contributed by atoms with van der Waals surface area (Å²) in [5.74, 6) is -0.470. The van der Waals surface area contributed by atoms with Gasteiger partial charge in [-0.05, 0) is 25.3 Å². The van der Waals surface area contributed by atoms with E-state index in [1.807, 2.05) is 10.8 Å². The van der Waals surface area contributed by atoms with E-state index < -0.39 is 5.97 Å². The molecule has 0 spiro atoms. The van der Waals surface area contributed by atoms with Gasteiger partial charge in [-0.1, -0.05) is 0 Å². The van der Waals surface area contributed by atoms with Gasteiger partial charge in [-0.2, -0.15) is 4.98 Å². The molecule has 1 aromatic heterocycles. The molecule has 0 amide bonds. The minimum absolute atomic E-state index is 0.157. The van der Waals surface area contributed by atoms with Crippen LogP contribution in [-0.2, 0) is 11.3 Å². The fourth-order valence-corrected chi connectivity index (χ4v) is 2.75. The van der Waals surface area contributed by atoms with E-state index >= 15 is 0 Å². The molecule has 2 aliphatic heterocycles. The number of rotatable bonds is 3. The quantitative estimate of drug-likeness (QED) is 0.830. The van der Waals surface area contributed by atoms with Crippen molar-refractivity contribution in [1.82, 2.24) is 14.9 Å². The van der Waals surface area contributed by atoms with Gasteiger partial charge in [0.05, 0.1) is 18.3 Å². The third-order valence-corrected chi connectivity index (χ3v) is 3.65. The van der Waals surface area contributed by atoms with Crippen LogP contribution in [0.1, 0.15) is 31.0 Å². The lowest BCUT2D eigenvalue weighted by atomic mass is 9.89. The van der Waals surface area contributed by atoms with Crippen molar-refractivity contribution in [2.45, 2.75) is 31.8 Å². The number of aliphatic carboxylic acids is 1. The summed E-state index contributed by atoms with van der Waals surface area (Å²) in [6.45, 7) is 2.40. The minimum Gasteiger partial charge on any atom is -0.481 e. The van der Waals surface area contributed by atoms with Gasteiger partial charge in [0.15, 0.2) is 0 Å². The first-order chi connectivity index (χ1) is 8.72. The number of carboxylic acid groups (broad SMARTS) is 1. The lowest BCUT2D eigenvalue weighted by Gasteiger charge is -2.28. The van der Waals surface area contributed by atoms with E-state index in [2.05, 4.69) is 10.3 Å². The highest BCUT2D eigenvalue weighted by Gasteiger charge is 2.27. The van der Waals surface area contributed by atoms with Gasteiger partial charge in [0.1, 0.15) is 6.61 Å². The smallest absolute Gasteiger partial charge is 0.303 e. The summed E-state index contributed by atoms with van der Waals surface area (Å²) in [5.41, 5.74) is 0.972. The summed E-state index contributed by atoms with van der Waals surface area (Å²) in [5, 5.41) is 12.3. The highest BCUT2D eigenvalue weighted by molar-refractivity contribution is 5.67. The first-order valence-electron chi connectivity index (χ1n) is 6.37. The monoisotopic (exact) mass is 251 g/mol. The van der Waals surface area contributed by atoms with E-state index in [1.54, 1.807) is 0 Å². The molecule has 18 heavy (non-hydrogen) atoms. The van der Waals surface area contributed by atoms with E-state index in [0.717, 1.165) is 31.6 Å². The van der Waals surface area contributed by atoms with Crippen molar-refractivity contribution in [2.24, 2.45) is 5.92 Å². The molecular formula is C12H17N3O3. The van der Waals surface area contributed by atoms with Crippen LogP contribution in [0.25, 0.3) is 0 Å². The highest BCUT2D eigenvalue weighted by Crippen LogP contribution is 2.30. The molecule has 0 aromatic carbocycles. The molecule has 2 atom stereocenters. The minimum atomic E-state index is -0.712. The van der Waals surface area contributed by atoms with Crippen molar-refractivity contribution in [2.75, 3.05) is 13.2 Å². The van der Waals surface area contributed by atoms with E-state index in [1.165, 1.54) is 0 Å². The number of carbonyl (C=O) groups is 1. The Hall–Kier alpha value is -1.56. The molecule has 6 nitrogen and oxygen atoms in total. The Kier molecular flexibility index (Phi) is 2.95. The average molecular weight is 251 g/mol. The number of fused-ring (bicyclic) bond motifs is 1. The summed E-state index contributed by atoms with van der Waals surface area (Å²) in [6, 6.07) is 0.844. The van der Waals surface area contributed by atoms with E-state index in [-0.39, 0.29) is 18.4 Å². The Morgan fingerprint density at radius 3 is 3.33 bits per heavy atom. The number of piperidine rings is 1. The molecule has 2 unspecified atom stereocenters. The van der Waals surface area contributed by atoms with Crippen LogP contribution in [0.3, 0.4) is 0 Å². The molecule has 0 bridgehead atoms. The standard InChI is InChI=1S/C12H17N3O3/c16-11(17)6-8-1-2-13-9(5-8)10-7-15-3-4-18-12(15)14-10/h7-9,13H,1-6H2,(H,16,17). The van der Waals surface area contributed by atoms with Gasteiger partial charge >= 0.3 is 5.97 Å². The number of aromatic nitrogens is 2. The Bertz CT molecular complexity index is 436. The first-order valence-corrected chi connectivity index (χ1v) is 6.37. The van der Waals surface area contributed by atoms with Gasteiger partial charge in [-0.15, -0.1) is 0 Å². The van der Waals surface area contributed by atoms with E-state index in [4.69, 9.17) is 9.84 Å². The van der Waals surface area contributed by atoms with Crippen LogP contribution >= 0.6 is 0 Å². The Morgan fingerprint density at radius 2 is 2.56 bits per heavy atom. The molecule has 3 heterocycles. The number of carboxylic acids is 1. The number of imidazole rings is 1. The van der Waals surface area contributed by atoms with Crippen molar-refractivity contribution in [1.29, 1.82) is 0 Å². The summed E-state index contributed by atoms with van der Waals surface area (Å²) in [7, 11) is 0. The summed E-state index contributed by atoms with van der Waals surface area (Å²) in [6.07, 6.45) is 4.03. The maximum Gasteiger partial charge on any atom is 0.303 e. The van der Waals surface area contributed by atoms with Crippen LogP contribution in [0.15, 0.2) is 6.20 Å². The van der Waals surface area contributed by atoms with Crippen molar-refractivity contribution in [3.63, 3.8) is 0 Å².